The molecule has 0 aliphatic carbocycles. The second kappa shape index (κ2) is 5.23. The zero-order valence-corrected chi connectivity index (χ0v) is 7.79. The SMILES string of the molecule is O=C(O)c1cnc(NCC(O)CO)cn1. The number of carbonyl (C=O) groups is 1. The van der Waals surface area contributed by atoms with Gasteiger partial charge in [0.15, 0.2) is 5.69 Å². The largest absolute Gasteiger partial charge is 0.476 e. The number of aliphatic hydroxyl groups is 2. The maximum atomic E-state index is 10.4. The van der Waals surface area contributed by atoms with Crippen LogP contribution in [0.5, 0.6) is 0 Å². The highest BCUT2D eigenvalue weighted by atomic mass is 16.4. The molecule has 1 rings (SSSR count). The van der Waals surface area contributed by atoms with Crippen LogP contribution in [0.25, 0.3) is 0 Å². The molecular formula is C8H11N3O4. The molecule has 0 radical (unpaired) electrons. The number of anilines is 1. The monoisotopic (exact) mass is 213 g/mol. The van der Waals surface area contributed by atoms with Gasteiger partial charge in [-0.15, -0.1) is 0 Å². The van der Waals surface area contributed by atoms with Crippen molar-refractivity contribution in [2.45, 2.75) is 6.10 Å². The van der Waals surface area contributed by atoms with Crippen molar-refractivity contribution in [3.63, 3.8) is 0 Å². The second-order valence-electron chi connectivity index (χ2n) is 2.81. The van der Waals surface area contributed by atoms with Crippen molar-refractivity contribution >= 4 is 11.8 Å². The van der Waals surface area contributed by atoms with E-state index in [0.717, 1.165) is 6.20 Å². The van der Waals surface area contributed by atoms with Crippen LogP contribution < -0.4 is 5.32 Å². The molecule has 7 nitrogen and oxygen atoms in total. The molecule has 82 valence electrons. The fourth-order valence-electron chi connectivity index (χ4n) is 0.817. The summed E-state index contributed by atoms with van der Waals surface area (Å²) in [4.78, 5) is 17.8. The third-order valence-corrected chi connectivity index (χ3v) is 1.60. The lowest BCUT2D eigenvalue weighted by Crippen LogP contribution is -2.23. The molecule has 15 heavy (non-hydrogen) atoms. The fourth-order valence-corrected chi connectivity index (χ4v) is 0.817. The topological polar surface area (TPSA) is 116 Å². The van der Waals surface area contributed by atoms with Crippen LogP contribution in [0.4, 0.5) is 5.82 Å². The van der Waals surface area contributed by atoms with Gasteiger partial charge in [0.1, 0.15) is 5.82 Å². The van der Waals surface area contributed by atoms with Crippen molar-refractivity contribution in [1.29, 1.82) is 0 Å². The molecule has 1 unspecified atom stereocenters. The quantitative estimate of drug-likeness (QED) is 0.492. The number of carboxylic acid groups (broad SMARTS) is 1. The molecular weight excluding hydrogens is 202 g/mol. The first kappa shape index (κ1) is 11.3. The van der Waals surface area contributed by atoms with E-state index < -0.39 is 12.1 Å². The Labute approximate surface area is 85.4 Å². The lowest BCUT2D eigenvalue weighted by atomic mass is 10.4. The molecule has 0 amide bonds. The van der Waals surface area contributed by atoms with E-state index in [1.165, 1.54) is 6.20 Å². The minimum Gasteiger partial charge on any atom is -0.476 e. The van der Waals surface area contributed by atoms with Crippen molar-refractivity contribution in [3.05, 3.63) is 18.1 Å². The Morgan fingerprint density at radius 3 is 2.67 bits per heavy atom. The summed E-state index contributed by atoms with van der Waals surface area (Å²) in [6.07, 6.45) is 1.47. The Bertz CT molecular complexity index is 327. The van der Waals surface area contributed by atoms with Crippen LogP contribution in [0.2, 0.25) is 0 Å². The third kappa shape index (κ3) is 3.49. The number of aliphatic hydroxyl groups excluding tert-OH is 2. The first-order valence-electron chi connectivity index (χ1n) is 4.21. The van der Waals surface area contributed by atoms with Crippen molar-refractivity contribution < 1.29 is 20.1 Å². The van der Waals surface area contributed by atoms with Gasteiger partial charge in [0, 0.05) is 6.54 Å². The van der Waals surface area contributed by atoms with Crippen LogP contribution in [-0.2, 0) is 0 Å². The molecule has 1 aromatic rings. The molecule has 0 fully saturated rings. The summed E-state index contributed by atoms with van der Waals surface area (Å²) in [5.74, 6) is -0.808. The highest BCUT2D eigenvalue weighted by molar-refractivity contribution is 5.84. The molecule has 0 aromatic carbocycles. The summed E-state index contributed by atoms with van der Waals surface area (Å²) in [6, 6.07) is 0. The second-order valence-corrected chi connectivity index (χ2v) is 2.81. The number of rotatable bonds is 5. The molecule has 1 atom stereocenters. The zero-order valence-electron chi connectivity index (χ0n) is 7.79. The molecule has 0 saturated heterocycles. The number of carboxylic acids is 1. The minimum absolute atomic E-state index is 0.123. The van der Waals surface area contributed by atoms with Gasteiger partial charge in [0.05, 0.1) is 25.1 Å². The van der Waals surface area contributed by atoms with Gasteiger partial charge in [0.25, 0.3) is 0 Å². The number of hydrogen-bond acceptors (Lipinski definition) is 6. The lowest BCUT2D eigenvalue weighted by Gasteiger charge is -2.08. The molecule has 7 heteroatoms. The summed E-state index contributed by atoms with van der Waals surface area (Å²) in [7, 11) is 0. The number of hydrogen-bond donors (Lipinski definition) is 4. The van der Waals surface area contributed by atoms with Crippen LogP contribution in [-0.4, -0.2) is 50.5 Å². The smallest absolute Gasteiger partial charge is 0.356 e. The molecule has 1 aromatic heterocycles. The van der Waals surface area contributed by atoms with E-state index in [-0.39, 0.29) is 18.8 Å². The van der Waals surface area contributed by atoms with E-state index in [1.54, 1.807) is 0 Å². The maximum Gasteiger partial charge on any atom is 0.356 e. The average Bonchev–Trinajstić information content (AvgIpc) is 2.26. The molecule has 0 aliphatic rings. The number of nitrogens with zero attached hydrogens (tertiary/aromatic N) is 2. The Hall–Kier alpha value is -1.73. The summed E-state index contributed by atoms with van der Waals surface area (Å²) in [5.41, 5.74) is -0.150. The van der Waals surface area contributed by atoms with E-state index in [2.05, 4.69) is 15.3 Å². The van der Waals surface area contributed by atoms with Crippen LogP contribution in [0.3, 0.4) is 0 Å². The van der Waals surface area contributed by atoms with Crippen LogP contribution in [0.1, 0.15) is 10.5 Å². The number of nitrogens with one attached hydrogen (secondary N) is 1. The van der Waals surface area contributed by atoms with E-state index in [0.29, 0.717) is 5.82 Å². The van der Waals surface area contributed by atoms with Gasteiger partial charge in [-0.1, -0.05) is 0 Å². The van der Waals surface area contributed by atoms with E-state index in [1.807, 2.05) is 0 Å². The highest BCUT2D eigenvalue weighted by Gasteiger charge is 2.05. The Morgan fingerprint density at radius 1 is 1.47 bits per heavy atom. The van der Waals surface area contributed by atoms with E-state index in [9.17, 15) is 4.79 Å². The number of aromatic carboxylic acids is 1. The average molecular weight is 213 g/mol. The summed E-state index contributed by atoms with van der Waals surface area (Å²) >= 11 is 0. The van der Waals surface area contributed by atoms with Crippen LogP contribution in [0, 0.1) is 0 Å². The Kier molecular flexibility index (Phi) is 3.95. The standard InChI is InChI=1S/C8H11N3O4/c12-4-5(13)1-10-7-3-9-6(2-11-7)8(14)15/h2-3,5,12-13H,1,4H2,(H,10,11)(H,14,15). The predicted molar refractivity (Wildman–Crippen MR) is 50.6 cm³/mol. The van der Waals surface area contributed by atoms with Gasteiger partial charge >= 0.3 is 5.97 Å². The Morgan fingerprint density at radius 2 is 2.20 bits per heavy atom. The molecule has 0 spiro atoms. The van der Waals surface area contributed by atoms with Gasteiger partial charge in [-0.25, -0.2) is 14.8 Å². The molecule has 4 N–H and O–H groups in total. The molecule has 1 heterocycles. The van der Waals surface area contributed by atoms with Crippen molar-refractivity contribution in [1.82, 2.24) is 9.97 Å². The normalized spacial score (nSPS) is 12.1. The molecule has 0 saturated carbocycles. The first-order chi connectivity index (χ1) is 7.13. The Balaban J connectivity index is 2.53. The minimum atomic E-state index is -1.15. The summed E-state index contributed by atoms with van der Waals surface area (Å²) in [6.45, 7) is -0.231. The molecule has 0 bridgehead atoms. The maximum absolute atomic E-state index is 10.4. The van der Waals surface area contributed by atoms with E-state index >= 15 is 0 Å². The highest BCUT2D eigenvalue weighted by Crippen LogP contribution is 2.00. The first-order valence-corrected chi connectivity index (χ1v) is 4.21. The van der Waals surface area contributed by atoms with Crippen LogP contribution in [0.15, 0.2) is 12.4 Å². The zero-order chi connectivity index (χ0) is 11.3. The van der Waals surface area contributed by atoms with E-state index in [4.69, 9.17) is 15.3 Å². The van der Waals surface area contributed by atoms with Crippen molar-refractivity contribution in [2.75, 3.05) is 18.5 Å². The summed E-state index contributed by atoms with van der Waals surface area (Å²) < 4.78 is 0. The van der Waals surface area contributed by atoms with Gasteiger partial charge in [0.2, 0.25) is 0 Å². The fraction of sp³-hybridized carbons (Fsp3) is 0.375. The molecule has 0 aliphatic heterocycles. The van der Waals surface area contributed by atoms with Gasteiger partial charge < -0.3 is 20.6 Å². The lowest BCUT2D eigenvalue weighted by molar-refractivity contribution is 0.0690. The van der Waals surface area contributed by atoms with Gasteiger partial charge in [-0.2, -0.15) is 0 Å². The number of aromatic nitrogens is 2. The van der Waals surface area contributed by atoms with Crippen molar-refractivity contribution in [3.8, 4) is 0 Å². The van der Waals surface area contributed by atoms with Crippen molar-refractivity contribution in [2.24, 2.45) is 0 Å². The predicted octanol–water partition coefficient (Wildman–Crippen LogP) is -1.06. The third-order valence-electron chi connectivity index (χ3n) is 1.60. The summed E-state index contributed by atoms with van der Waals surface area (Å²) in [5, 5.41) is 28.8. The van der Waals surface area contributed by atoms with Crippen LogP contribution >= 0.6 is 0 Å². The van der Waals surface area contributed by atoms with Gasteiger partial charge in [-0.05, 0) is 0 Å². The van der Waals surface area contributed by atoms with Gasteiger partial charge in [-0.3, -0.25) is 0 Å².